The summed E-state index contributed by atoms with van der Waals surface area (Å²) in [5.41, 5.74) is 3.22. The summed E-state index contributed by atoms with van der Waals surface area (Å²) in [7, 11) is 0. The van der Waals surface area contributed by atoms with Gasteiger partial charge in [0.25, 0.3) is 0 Å². The van der Waals surface area contributed by atoms with Gasteiger partial charge in [-0.2, -0.15) is 0 Å². The fraction of sp³-hybridized carbons (Fsp3) is 0.353. The Balaban J connectivity index is 1.79. The molecular formula is C17H19BrN2O2. The van der Waals surface area contributed by atoms with Crippen molar-refractivity contribution in [3.05, 3.63) is 62.0 Å². The fourth-order valence-corrected chi connectivity index (χ4v) is 3.38. The van der Waals surface area contributed by atoms with Crippen LogP contribution >= 0.6 is 15.9 Å². The Morgan fingerprint density at radius 2 is 1.86 bits per heavy atom. The van der Waals surface area contributed by atoms with Crippen LogP contribution in [0, 0.1) is 0 Å². The highest BCUT2D eigenvalue weighted by molar-refractivity contribution is 9.10. The van der Waals surface area contributed by atoms with E-state index >= 15 is 0 Å². The lowest BCUT2D eigenvalue weighted by atomic mass is 10.1. The zero-order valence-corrected chi connectivity index (χ0v) is 14.1. The first-order valence-electron chi connectivity index (χ1n) is 7.49. The van der Waals surface area contributed by atoms with Gasteiger partial charge in [-0.05, 0) is 33.5 Å². The Morgan fingerprint density at radius 3 is 2.55 bits per heavy atom. The number of aryl methyl sites for hydroxylation is 1. The summed E-state index contributed by atoms with van der Waals surface area (Å²) in [6.07, 6.45) is 2.59. The first-order valence-corrected chi connectivity index (χ1v) is 8.28. The molecule has 0 atom stereocenters. The van der Waals surface area contributed by atoms with Crippen LogP contribution in [0.4, 0.5) is 0 Å². The van der Waals surface area contributed by atoms with Gasteiger partial charge >= 0.3 is 0 Å². The number of fused-ring (bicyclic) bond motifs is 1. The number of aromatic hydroxyl groups is 1. The first-order chi connectivity index (χ1) is 10.6. The minimum atomic E-state index is -0.333. The molecule has 0 spiro atoms. The standard InChI is InChI=1S/C17H19BrN2O2/c1-2-12-3-5-13(6-4-12)9-19-7-8-20-11-15(21)17(22)16(18)14(20)10-19/h3-6,11,21H,2,7-10H2,1H3. The fourth-order valence-electron chi connectivity index (χ4n) is 2.83. The Kier molecular flexibility index (Phi) is 4.36. The number of benzene rings is 1. The van der Waals surface area contributed by atoms with Gasteiger partial charge in [-0.25, -0.2) is 0 Å². The van der Waals surface area contributed by atoms with E-state index in [9.17, 15) is 9.90 Å². The molecule has 1 N–H and O–H groups in total. The predicted octanol–water partition coefficient (Wildman–Crippen LogP) is 2.89. The molecule has 0 saturated carbocycles. The topological polar surface area (TPSA) is 45.5 Å². The summed E-state index contributed by atoms with van der Waals surface area (Å²) in [4.78, 5) is 14.2. The highest BCUT2D eigenvalue weighted by Gasteiger charge is 2.20. The van der Waals surface area contributed by atoms with Crippen molar-refractivity contribution in [1.82, 2.24) is 9.47 Å². The molecule has 0 bridgehead atoms. The second kappa shape index (κ2) is 6.26. The number of rotatable bonds is 3. The molecule has 1 aromatic heterocycles. The van der Waals surface area contributed by atoms with Crippen LogP contribution in [0.2, 0.25) is 0 Å². The van der Waals surface area contributed by atoms with Crippen LogP contribution in [-0.4, -0.2) is 21.1 Å². The van der Waals surface area contributed by atoms with E-state index in [1.807, 2.05) is 4.57 Å². The SMILES string of the molecule is CCc1ccc(CN2CCn3cc(O)c(=O)c(Br)c3C2)cc1. The largest absolute Gasteiger partial charge is 0.503 e. The van der Waals surface area contributed by atoms with Crippen molar-refractivity contribution in [2.75, 3.05) is 6.54 Å². The summed E-state index contributed by atoms with van der Waals surface area (Å²) in [6, 6.07) is 8.69. The predicted molar refractivity (Wildman–Crippen MR) is 90.0 cm³/mol. The van der Waals surface area contributed by atoms with Crippen molar-refractivity contribution in [3.8, 4) is 5.75 Å². The maximum absolute atomic E-state index is 11.8. The van der Waals surface area contributed by atoms with Crippen molar-refractivity contribution >= 4 is 15.9 Å². The number of halogens is 1. The van der Waals surface area contributed by atoms with Crippen molar-refractivity contribution < 1.29 is 5.11 Å². The highest BCUT2D eigenvalue weighted by Crippen LogP contribution is 2.23. The summed E-state index contributed by atoms with van der Waals surface area (Å²) in [5.74, 6) is -0.195. The van der Waals surface area contributed by atoms with Gasteiger partial charge < -0.3 is 9.67 Å². The smallest absolute Gasteiger partial charge is 0.237 e. The van der Waals surface area contributed by atoms with E-state index in [2.05, 4.69) is 52.0 Å². The number of nitrogens with zero attached hydrogens (tertiary/aromatic N) is 2. The van der Waals surface area contributed by atoms with Crippen molar-refractivity contribution in [1.29, 1.82) is 0 Å². The molecule has 3 rings (SSSR count). The van der Waals surface area contributed by atoms with Gasteiger partial charge in [0, 0.05) is 26.2 Å². The molecule has 2 heterocycles. The minimum Gasteiger partial charge on any atom is -0.503 e. The number of pyridine rings is 1. The van der Waals surface area contributed by atoms with E-state index in [1.165, 1.54) is 17.3 Å². The van der Waals surface area contributed by atoms with Gasteiger partial charge in [-0.1, -0.05) is 31.2 Å². The second-order valence-corrected chi connectivity index (χ2v) is 6.47. The van der Waals surface area contributed by atoms with Crippen LogP contribution < -0.4 is 5.43 Å². The molecule has 0 fully saturated rings. The summed E-state index contributed by atoms with van der Waals surface area (Å²) in [5, 5.41) is 9.63. The number of hydrogen-bond acceptors (Lipinski definition) is 3. The molecule has 1 aliphatic heterocycles. The lowest BCUT2D eigenvalue weighted by molar-refractivity contribution is 0.209. The molecule has 2 aromatic rings. The molecule has 4 nitrogen and oxygen atoms in total. The maximum Gasteiger partial charge on any atom is 0.237 e. The van der Waals surface area contributed by atoms with Gasteiger partial charge in [0.2, 0.25) is 5.43 Å². The van der Waals surface area contributed by atoms with Crippen LogP contribution in [0.3, 0.4) is 0 Å². The quantitative estimate of drug-likeness (QED) is 0.912. The molecule has 0 amide bonds. The summed E-state index contributed by atoms with van der Waals surface area (Å²) in [6.45, 7) is 5.39. The third-order valence-corrected chi connectivity index (χ3v) is 5.00. The van der Waals surface area contributed by atoms with Crippen molar-refractivity contribution in [2.45, 2.75) is 33.0 Å². The zero-order chi connectivity index (χ0) is 15.7. The van der Waals surface area contributed by atoms with E-state index in [4.69, 9.17) is 0 Å². The highest BCUT2D eigenvalue weighted by atomic mass is 79.9. The van der Waals surface area contributed by atoms with Crippen LogP contribution in [0.25, 0.3) is 0 Å². The van der Waals surface area contributed by atoms with Crippen LogP contribution in [0.5, 0.6) is 5.75 Å². The molecule has 22 heavy (non-hydrogen) atoms. The first kappa shape index (κ1) is 15.3. The minimum absolute atomic E-state index is 0.195. The Bertz CT molecular complexity index is 738. The van der Waals surface area contributed by atoms with E-state index in [0.29, 0.717) is 11.0 Å². The molecule has 0 unspecified atom stereocenters. The van der Waals surface area contributed by atoms with Gasteiger partial charge in [-0.15, -0.1) is 0 Å². The molecule has 116 valence electrons. The number of hydrogen-bond donors (Lipinski definition) is 1. The lowest BCUT2D eigenvalue weighted by Crippen LogP contribution is -2.35. The Labute approximate surface area is 138 Å². The molecular weight excluding hydrogens is 344 g/mol. The molecule has 1 aliphatic rings. The second-order valence-electron chi connectivity index (χ2n) is 5.68. The van der Waals surface area contributed by atoms with Gasteiger partial charge in [0.05, 0.1) is 16.4 Å². The van der Waals surface area contributed by atoms with Gasteiger partial charge in [0.15, 0.2) is 5.75 Å². The van der Waals surface area contributed by atoms with Crippen LogP contribution in [0.1, 0.15) is 23.7 Å². The monoisotopic (exact) mass is 362 g/mol. The molecule has 0 aliphatic carbocycles. The molecule has 0 radical (unpaired) electrons. The molecule has 1 aromatic carbocycles. The average Bonchev–Trinajstić information content (AvgIpc) is 2.54. The third-order valence-electron chi connectivity index (χ3n) is 4.18. The van der Waals surface area contributed by atoms with Crippen molar-refractivity contribution in [2.24, 2.45) is 0 Å². The molecule has 5 heteroatoms. The van der Waals surface area contributed by atoms with Crippen LogP contribution in [-0.2, 0) is 26.1 Å². The normalized spacial score (nSPS) is 14.8. The van der Waals surface area contributed by atoms with Crippen molar-refractivity contribution in [3.63, 3.8) is 0 Å². The number of aromatic nitrogens is 1. The lowest BCUT2D eigenvalue weighted by Gasteiger charge is -2.31. The summed E-state index contributed by atoms with van der Waals surface area (Å²) < 4.78 is 2.43. The van der Waals surface area contributed by atoms with Gasteiger partial charge in [-0.3, -0.25) is 9.69 Å². The zero-order valence-electron chi connectivity index (χ0n) is 12.6. The summed E-state index contributed by atoms with van der Waals surface area (Å²) >= 11 is 3.33. The van der Waals surface area contributed by atoms with E-state index in [1.54, 1.807) is 0 Å². The maximum atomic E-state index is 11.8. The molecule has 0 saturated heterocycles. The van der Waals surface area contributed by atoms with E-state index in [0.717, 1.165) is 31.7 Å². The Morgan fingerprint density at radius 1 is 1.18 bits per heavy atom. The third kappa shape index (κ3) is 2.96. The van der Waals surface area contributed by atoms with E-state index in [-0.39, 0.29) is 11.2 Å². The average molecular weight is 363 g/mol. The Hall–Kier alpha value is -1.59. The van der Waals surface area contributed by atoms with Gasteiger partial charge in [0.1, 0.15) is 0 Å². The van der Waals surface area contributed by atoms with Crippen LogP contribution in [0.15, 0.2) is 39.7 Å². The van der Waals surface area contributed by atoms with E-state index < -0.39 is 0 Å².